The molecule has 2 rings (SSSR count). The third kappa shape index (κ3) is 4.94. The van der Waals surface area contributed by atoms with Crippen molar-refractivity contribution in [2.24, 2.45) is 5.92 Å². The molecule has 1 aromatic rings. The fourth-order valence-electron chi connectivity index (χ4n) is 3.17. The highest BCUT2D eigenvalue weighted by molar-refractivity contribution is 5.27. The number of rotatable bonds is 6. The van der Waals surface area contributed by atoms with Crippen molar-refractivity contribution in [3.05, 3.63) is 35.4 Å². The average molecular weight is 273 g/mol. The van der Waals surface area contributed by atoms with E-state index in [9.17, 15) is 0 Å². The van der Waals surface area contributed by atoms with E-state index in [0.717, 1.165) is 19.0 Å². The number of nitrogens with one attached hydrogen (secondary N) is 1. The summed E-state index contributed by atoms with van der Waals surface area (Å²) in [6, 6.07) is 9.08. The van der Waals surface area contributed by atoms with Crippen LogP contribution in [0.2, 0.25) is 0 Å². The zero-order chi connectivity index (χ0) is 14.4. The van der Waals surface area contributed by atoms with Crippen molar-refractivity contribution in [3.63, 3.8) is 0 Å². The second kappa shape index (κ2) is 7.26. The quantitative estimate of drug-likeness (QED) is 0.716. The molecule has 0 aromatic heterocycles. The van der Waals surface area contributed by atoms with E-state index in [1.54, 1.807) is 0 Å². The molecular formula is C19H31N. The minimum atomic E-state index is 0.257. The maximum absolute atomic E-state index is 3.58. The first-order chi connectivity index (χ1) is 9.55. The summed E-state index contributed by atoms with van der Waals surface area (Å²) in [6.07, 6.45) is 8.67. The summed E-state index contributed by atoms with van der Waals surface area (Å²) in [4.78, 5) is 0. The molecule has 1 N–H and O–H groups in total. The predicted molar refractivity (Wildman–Crippen MR) is 88.0 cm³/mol. The van der Waals surface area contributed by atoms with Gasteiger partial charge < -0.3 is 5.32 Å². The van der Waals surface area contributed by atoms with Gasteiger partial charge in [-0.25, -0.2) is 0 Å². The van der Waals surface area contributed by atoms with Crippen molar-refractivity contribution in [1.82, 2.24) is 5.32 Å². The Labute approximate surface area is 125 Å². The van der Waals surface area contributed by atoms with Gasteiger partial charge in [0.05, 0.1) is 0 Å². The van der Waals surface area contributed by atoms with Crippen LogP contribution in [0.3, 0.4) is 0 Å². The Morgan fingerprint density at radius 1 is 1.05 bits per heavy atom. The Bertz CT molecular complexity index is 379. The SMILES string of the molecule is CC(C)(C)c1ccc(CNCCCC2CCCC2)cc1. The summed E-state index contributed by atoms with van der Waals surface area (Å²) in [5, 5.41) is 3.58. The summed E-state index contributed by atoms with van der Waals surface area (Å²) >= 11 is 0. The molecule has 0 amide bonds. The van der Waals surface area contributed by atoms with Crippen LogP contribution in [-0.4, -0.2) is 6.54 Å². The van der Waals surface area contributed by atoms with Gasteiger partial charge in [0.25, 0.3) is 0 Å². The standard InChI is InChI=1S/C19H31N/c1-19(2,3)18-12-10-17(11-13-18)15-20-14-6-9-16-7-4-5-8-16/h10-13,16,20H,4-9,14-15H2,1-3H3. The molecule has 0 radical (unpaired) electrons. The maximum Gasteiger partial charge on any atom is 0.0205 e. The number of benzene rings is 1. The fraction of sp³-hybridized carbons (Fsp3) is 0.684. The second-order valence-corrected chi connectivity index (χ2v) is 7.42. The molecule has 0 saturated heterocycles. The van der Waals surface area contributed by atoms with Gasteiger partial charge in [0, 0.05) is 6.54 Å². The summed E-state index contributed by atoms with van der Waals surface area (Å²) < 4.78 is 0. The molecule has 1 aromatic carbocycles. The molecular weight excluding hydrogens is 242 g/mol. The summed E-state index contributed by atoms with van der Waals surface area (Å²) in [5.74, 6) is 1.03. The minimum absolute atomic E-state index is 0.257. The third-order valence-electron chi connectivity index (χ3n) is 4.59. The van der Waals surface area contributed by atoms with E-state index >= 15 is 0 Å². The van der Waals surface area contributed by atoms with Gasteiger partial charge in [0.1, 0.15) is 0 Å². The number of hydrogen-bond acceptors (Lipinski definition) is 1. The van der Waals surface area contributed by atoms with Gasteiger partial charge in [-0.2, -0.15) is 0 Å². The van der Waals surface area contributed by atoms with Crippen LogP contribution in [0, 0.1) is 5.92 Å². The molecule has 1 nitrogen and oxygen atoms in total. The summed E-state index contributed by atoms with van der Waals surface area (Å²) in [7, 11) is 0. The van der Waals surface area contributed by atoms with E-state index in [4.69, 9.17) is 0 Å². The third-order valence-corrected chi connectivity index (χ3v) is 4.59. The largest absolute Gasteiger partial charge is 0.313 e. The lowest BCUT2D eigenvalue weighted by atomic mass is 9.87. The van der Waals surface area contributed by atoms with Crippen LogP contribution in [0.15, 0.2) is 24.3 Å². The molecule has 0 atom stereocenters. The first-order valence-corrected chi connectivity index (χ1v) is 8.36. The van der Waals surface area contributed by atoms with E-state index in [1.807, 2.05) is 0 Å². The predicted octanol–water partition coefficient (Wildman–Crippen LogP) is 5.04. The van der Waals surface area contributed by atoms with Gasteiger partial charge in [-0.3, -0.25) is 0 Å². The number of hydrogen-bond donors (Lipinski definition) is 1. The molecule has 1 fully saturated rings. The van der Waals surface area contributed by atoms with Crippen LogP contribution in [0.4, 0.5) is 0 Å². The van der Waals surface area contributed by atoms with E-state index in [-0.39, 0.29) is 5.41 Å². The average Bonchev–Trinajstić information content (AvgIpc) is 2.91. The minimum Gasteiger partial charge on any atom is -0.313 e. The van der Waals surface area contributed by atoms with Gasteiger partial charge in [-0.05, 0) is 41.8 Å². The molecule has 0 unspecified atom stereocenters. The van der Waals surface area contributed by atoms with Gasteiger partial charge in [-0.1, -0.05) is 70.7 Å². The van der Waals surface area contributed by atoms with E-state index in [0.29, 0.717) is 0 Å². The van der Waals surface area contributed by atoms with Crippen LogP contribution in [0.5, 0.6) is 0 Å². The van der Waals surface area contributed by atoms with Crippen molar-refractivity contribution < 1.29 is 0 Å². The Balaban J connectivity index is 1.64. The Morgan fingerprint density at radius 3 is 2.30 bits per heavy atom. The van der Waals surface area contributed by atoms with Crippen LogP contribution in [0.1, 0.15) is 70.4 Å². The molecule has 0 aliphatic heterocycles. The van der Waals surface area contributed by atoms with Crippen molar-refractivity contribution in [2.45, 2.75) is 71.3 Å². The van der Waals surface area contributed by atoms with Gasteiger partial charge in [-0.15, -0.1) is 0 Å². The van der Waals surface area contributed by atoms with Crippen LogP contribution in [0.25, 0.3) is 0 Å². The Hall–Kier alpha value is -0.820. The zero-order valence-electron chi connectivity index (χ0n) is 13.5. The van der Waals surface area contributed by atoms with Crippen LogP contribution >= 0.6 is 0 Å². The Kier molecular flexibility index (Phi) is 5.65. The molecule has 1 aliphatic carbocycles. The van der Waals surface area contributed by atoms with Crippen molar-refractivity contribution >= 4 is 0 Å². The molecule has 0 heterocycles. The molecule has 1 aliphatic rings. The van der Waals surface area contributed by atoms with Crippen LogP contribution < -0.4 is 5.32 Å². The topological polar surface area (TPSA) is 12.0 Å². The smallest absolute Gasteiger partial charge is 0.0205 e. The normalized spacial score (nSPS) is 16.8. The van der Waals surface area contributed by atoms with Gasteiger partial charge in [0.2, 0.25) is 0 Å². The van der Waals surface area contributed by atoms with E-state index in [1.165, 1.54) is 49.7 Å². The lowest BCUT2D eigenvalue weighted by Crippen LogP contribution is -2.16. The highest BCUT2D eigenvalue weighted by Crippen LogP contribution is 2.28. The highest BCUT2D eigenvalue weighted by atomic mass is 14.8. The summed E-state index contributed by atoms with van der Waals surface area (Å²) in [6.45, 7) is 8.97. The van der Waals surface area contributed by atoms with Gasteiger partial charge >= 0.3 is 0 Å². The van der Waals surface area contributed by atoms with E-state index in [2.05, 4.69) is 50.4 Å². The zero-order valence-corrected chi connectivity index (χ0v) is 13.5. The molecule has 20 heavy (non-hydrogen) atoms. The lowest BCUT2D eigenvalue weighted by Gasteiger charge is -2.19. The fourth-order valence-corrected chi connectivity index (χ4v) is 3.17. The second-order valence-electron chi connectivity index (χ2n) is 7.42. The summed E-state index contributed by atoms with van der Waals surface area (Å²) in [5.41, 5.74) is 3.08. The van der Waals surface area contributed by atoms with Crippen LogP contribution in [-0.2, 0) is 12.0 Å². The molecule has 1 saturated carbocycles. The Morgan fingerprint density at radius 2 is 1.70 bits per heavy atom. The molecule has 0 spiro atoms. The van der Waals surface area contributed by atoms with Crippen molar-refractivity contribution in [3.8, 4) is 0 Å². The van der Waals surface area contributed by atoms with Gasteiger partial charge in [0.15, 0.2) is 0 Å². The lowest BCUT2D eigenvalue weighted by molar-refractivity contribution is 0.470. The first kappa shape index (κ1) is 15.6. The van der Waals surface area contributed by atoms with E-state index < -0.39 is 0 Å². The van der Waals surface area contributed by atoms with Crippen molar-refractivity contribution in [2.75, 3.05) is 6.54 Å². The highest BCUT2D eigenvalue weighted by Gasteiger charge is 2.14. The maximum atomic E-state index is 3.58. The molecule has 0 bridgehead atoms. The molecule has 112 valence electrons. The monoisotopic (exact) mass is 273 g/mol. The van der Waals surface area contributed by atoms with Crippen molar-refractivity contribution in [1.29, 1.82) is 0 Å². The first-order valence-electron chi connectivity index (χ1n) is 8.36. The molecule has 1 heteroatoms.